The van der Waals surface area contributed by atoms with Crippen LogP contribution >= 0.6 is 0 Å². The second kappa shape index (κ2) is 16.8. The van der Waals surface area contributed by atoms with E-state index >= 15 is 0 Å². The van der Waals surface area contributed by atoms with Crippen LogP contribution in [0.4, 0.5) is 4.79 Å². The summed E-state index contributed by atoms with van der Waals surface area (Å²) < 4.78 is 5.90. The number of urea groups is 1. The number of hydrogen-bond acceptors (Lipinski definition) is 5. The fraction of sp³-hybridized carbons (Fsp3) is 0.432. The van der Waals surface area contributed by atoms with Gasteiger partial charge in [-0.3, -0.25) is 9.59 Å². The lowest BCUT2D eigenvalue weighted by molar-refractivity contribution is -0.128. The first kappa shape index (κ1) is 34.5. The van der Waals surface area contributed by atoms with Gasteiger partial charge in [0.15, 0.2) is 6.61 Å². The number of nitrogens with zero attached hydrogens (tertiary/aromatic N) is 1. The summed E-state index contributed by atoms with van der Waals surface area (Å²) in [6, 6.07) is 23.3. The molecule has 1 unspecified atom stereocenters. The zero-order valence-corrected chi connectivity index (χ0v) is 27.4. The Hall–Kier alpha value is -4.37. The fourth-order valence-corrected chi connectivity index (χ4v) is 6.12. The van der Waals surface area contributed by atoms with E-state index in [9.17, 15) is 19.5 Å². The smallest absolute Gasteiger partial charge is 0.318 e. The Morgan fingerprint density at radius 3 is 2.09 bits per heavy atom. The average Bonchev–Trinajstić information content (AvgIpc) is 3.02. The van der Waals surface area contributed by atoms with Gasteiger partial charge in [0.05, 0.1) is 12.1 Å². The number of carbonyl (C=O) groups is 3. The summed E-state index contributed by atoms with van der Waals surface area (Å²) in [5.41, 5.74) is 3.84. The second-order valence-electron chi connectivity index (χ2n) is 12.5. The third-order valence-electron chi connectivity index (χ3n) is 8.41. The van der Waals surface area contributed by atoms with Gasteiger partial charge in [-0.25, -0.2) is 4.79 Å². The molecular weight excluding hydrogens is 580 g/mol. The molecule has 1 fully saturated rings. The van der Waals surface area contributed by atoms with Gasteiger partial charge in [0.25, 0.3) is 5.91 Å². The van der Waals surface area contributed by atoms with Crippen molar-refractivity contribution in [3.63, 3.8) is 0 Å². The average molecular weight is 629 g/mol. The van der Waals surface area contributed by atoms with Crippen LogP contribution in [-0.4, -0.2) is 71.8 Å². The number of para-hydroxylation sites is 1. The van der Waals surface area contributed by atoms with E-state index in [0.29, 0.717) is 31.7 Å². The number of carbonyl (C=O) groups excluding carboxylic acids is 3. The molecule has 9 heteroatoms. The number of aliphatic hydroxyl groups excluding tert-OH is 1. The Balaban J connectivity index is 1.52. The molecular formula is C37H48N4O5. The van der Waals surface area contributed by atoms with Gasteiger partial charge >= 0.3 is 6.03 Å². The molecule has 4 atom stereocenters. The first-order chi connectivity index (χ1) is 22.1. The van der Waals surface area contributed by atoms with Crippen LogP contribution < -0.4 is 20.7 Å². The van der Waals surface area contributed by atoms with E-state index in [2.05, 4.69) is 16.0 Å². The van der Waals surface area contributed by atoms with Gasteiger partial charge in [-0.2, -0.15) is 0 Å². The Morgan fingerprint density at radius 1 is 0.891 bits per heavy atom. The van der Waals surface area contributed by atoms with Crippen molar-refractivity contribution in [1.82, 2.24) is 20.9 Å². The third-order valence-corrected chi connectivity index (χ3v) is 8.41. The molecule has 0 aromatic heterocycles. The SMILES string of the molecule is Cc1cccc(C)c1OCC(=O)N[C@@H](Cc1ccccc1)[C@@H](O)C[C@H](Cc1ccccc1)NC(=O)C(C(C)C)N1CCCNC1=O. The molecule has 4 N–H and O–H groups in total. The first-order valence-corrected chi connectivity index (χ1v) is 16.2. The molecule has 46 heavy (non-hydrogen) atoms. The molecule has 1 aliphatic heterocycles. The second-order valence-corrected chi connectivity index (χ2v) is 12.5. The van der Waals surface area contributed by atoms with Gasteiger partial charge in [-0.1, -0.05) is 92.7 Å². The summed E-state index contributed by atoms with van der Waals surface area (Å²) in [5, 5.41) is 20.7. The molecule has 1 heterocycles. The van der Waals surface area contributed by atoms with Crippen molar-refractivity contribution in [2.75, 3.05) is 19.7 Å². The number of benzene rings is 3. The van der Waals surface area contributed by atoms with Gasteiger partial charge in [0, 0.05) is 19.1 Å². The molecule has 0 bridgehead atoms. The van der Waals surface area contributed by atoms with E-state index in [1.165, 1.54) is 0 Å². The van der Waals surface area contributed by atoms with Gasteiger partial charge in [-0.15, -0.1) is 0 Å². The minimum atomic E-state index is -0.992. The molecule has 9 nitrogen and oxygen atoms in total. The highest BCUT2D eigenvalue weighted by molar-refractivity contribution is 5.87. The maximum absolute atomic E-state index is 13.8. The van der Waals surface area contributed by atoms with Crippen LogP contribution in [0.5, 0.6) is 5.75 Å². The predicted octanol–water partition coefficient (Wildman–Crippen LogP) is 4.33. The molecule has 1 saturated heterocycles. The Bertz CT molecular complexity index is 1410. The van der Waals surface area contributed by atoms with Crippen molar-refractivity contribution in [1.29, 1.82) is 0 Å². The normalized spacial score (nSPS) is 15.8. The lowest BCUT2D eigenvalue weighted by Crippen LogP contribution is -2.59. The monoisotopic (exact) mass is 628 g/mol. The van der Waals surface area contributed by atoms with Gasteiger partial charge in [-0.05, 0) is 67.7 Å². The number of aliphatic hydroxyl groups is 1. The zero-order valence-electron chi connectivity index (χ0n) is 27.4. The van der Waals surface area contributed by atoms with Crippen LogP contribution in [0, 0.1) is 19.8 Å². The van der Waals surface area contributed by atoms with Gasteiger partial charge in [0.1, 0.15) is 11.8 Å². The van der Waals surface area contributed by atoms with E-state index in [4.69, 9.17) is 4.74 Å². The van der Waals surface area contributed by atoms with Crippen molar-refractivity contribution in [3.8, 4) is 5.75 Å². The molecule has 4 amide bonds. The van der Waals surface area contributed by atoms with E-state index in [0.717, 1.165) is 28.7 Å². The minimum Gasteiger partial charge on any atom is -0.483 e. The Kier molecular flexibility index (Phi) is 12.6. The van der Waals surface area contributed by atoms with Crippen molar-refractivity contribution >= 4 is 17.8 Å². The van der Waals surface area contributed by atoms with E-state index < -0.39 is 24.2 Å². The number of rotatable bonds is 15. The van der Waals surface area contributed by atoms with E-state index in [1.807, 2.05) is 107 Å². The molecule has 246 valence electrons. The number of aryl methyl sites for hydroxylation is 2. The summed E-state index contributed by atoms with van der Waals surface area (Å²) in [6.07, 6.45) is 0.831. The molecule has 3 aromatic rings. The third kappa shape index (κ3) is 9.81. The maximum Gasteiger partial charge on any atom is 0.318 e. The number of amides is 4. The number of ether oxygens (including phenoxy) is 1. The lowest BCUT2D eigenvalue weighted by atomic mass is 9.92. The van der Waals surface area contributed by atoms with Crippen molar-refractivity contribution < 1.29 is 24.2 Å². The number of nitrogens with one attached hydrogen (secondary N) is 3. The lowest BCUT2D eigenvalue weighted by Gasteiger charge is -2.37. The van der Waals surface area contributed by atoms with Gasteiger partial charge < -0.3 is 30.7 Å². The Morgan fingerprint density at radius 2 is 1.50 bits per heavy atom. The fourth-order valence-electron chi connectivity index (χ4n) is 6.12. The predicted molar refractivity (Wildman–Crippen MR) is 180 cm³/mol. The quantitative estimate of drug-likeness (QED) is 0.200. The molecule has 3 aromatic carbocycles. The summed E-state index contributed by atoms with van der Waals surface area (Å²) in [4.78, 5) is 41.3. The van der Waals surface area contributed by atoms with Crippen LogP contribution in [0.3, 0.4) is 0 Å². The first-order valence-electron chi connectivity index (χ1n) is 16.2. The molecule has 0 spiro atoms. The van der Waals surface area contributed by atoms with Crippen LogP contribution in [-0.2, 0) is 22.4 Å². The van der Waals surface area contributed by atoms with Crippen LogP contribution in [0.1, 0.15) is 48.9 Å². The molecule has 4 rings (SSSR count). The standard InChI is InChI=1S/C37H48N4O5/c1-25(2)34(41-20-12-19-38-37(41)45)36(44)39-30(21-28-15-7-5-8-16-28)23-32(42)31(22-29-17-9-6-10-18-29)40-33(43)24-46-35-26(3)13-11-14-27(35)4/h5-11,13-18,25,30-32,34,42H,12,19-24H2,1-4H3,(H,38,45)(H,39,44)(H,40,43)/t30-,31-,32-,34?/m0/s1. The number of hydrogen-bond donors (Lipinski definition) is 4. The Labute approximate surface area is 272 Å². The summed E-state index contributed by atoms with van der Waals surface area (Å²) in [6.45, 7) is 8.63. The van der Waals surface area contributed by atoms with Crippen molar-refractivity contribution in [2.24, 2.45) is 5.92 Å². The maximum atomic E-state index is 13.8. The highest BCUT2D eigenvalue weighted by Gasteiger charge is 2.35. The summed E-state index contributed by atoms with van der Waals surface area (Å²) >= 11 is 0. The van der Waals surface area contributed by atoms with Crippen molar-refractivity contribution in [2.45, 2.75) is 77.6 Å². The van der Waals surface area contributed by atoms with E-state index in [1.54, 1.807) is 4.90 Å². The van der Waals surface area contributed by atoms with Gasteiger partial charge in [0.2, 0.25) is 5.91 Å². The molecule has 0 radical (unpaired) electrons. The minimum absolute atomic E-state index is 0.117. The largest absolute Gasteiger partial charge is 0.483 e. The highest BCUT2D eigenvalue weighted by Crippen LogP contribution is 2.22. The summed E-state index contributed by atoms with van der Waals surface area (Å²) in [7, 11) is 0. The molecule has 0 aliphatic carbocycles. The topological polar surface area (TPSA) is 120 Å². The van der Waals surface area contributed by atoms with Crippen molar-refractivity contribution in [3.05, 3.63) is 101 Å². The highest BCUT2D eigenvalue weighted by atomic mass is 16.5. The van der Waals surface area contributed by atoms with Crippen LogP contribution in [0.15, 0.2) is 78.9 Å². The van der Waals surface area contributed by atoms with Crippen LogP contribution in [0.2, 0.25) is 0 Å². The van der Waals surface area contributed by atoms with E-state index in [-0.39, 0.29) is 36.8 Å². The summed E-state index contributed by atoms with van der Waals surface area (Å²) in [5.74, 6) is -0.0493. The zero-order chi connectivity index (χ0) is 33.1. The molecule has 1 aliphatic rings. The van der Waals surface area contributed by atoms with Crippen LogP contribution in [0.25, 0.3) is 0 Å². The molecule has 0 saturated carbocycles.